The fourth-order valence-corrected chi connectivity index (χ4v) is 1.53. The largest absolute Gasteiger partial charge is 0.388 e. The van der Waals surface area contributed by atoms with Crippen LogP contribution >= 0.6 is 0 Å². The van der Waals surface area contributed by atoms with E-state index in [2.05, 4.69) is 19.2 Å². The van der Waals surface area contributed by atoms with Gasteiger partial charge in [0.1, 0.15) is 5.84 Å². The Balaban J connectivity index is 2.79. The smallest absolute Gasteiger partial charge is 0.117 e. The highest BCUT2D eigenvalue weighted by atomic mass is 14.9. The molecule has 0 radical (unpaired) electrons. The van der Waals surface area contributed by atoms with Crippen molar-refractivity contribution in [2.75, 3.05) is 6.54 Å². The SMILES string of the molecule is CC1(C)CCCN/C1=C\C(=N)N. The second-order valence-electron chi connectivity index (χ2n) is 3.93. The van der Waals surface area contributed by atoms with Gasteiger partial charge in [0.05, 0.1) is 0 Å². The molecule has 4 N–H and O–H groups in total. The van der Waals surface area contributed by atoms with E-state index in [4.69, 9.17) is 11.1 Å². The molecule has 0 unspecified atom stereocenters. The van der Waals surface area contributed by atoms with E-state index in [9.17, 15) is 0 Å². The summed E-state index contributed by atoms with van der Waals surface area (Å²) < 4.78 is 0. The van der Waals surface area contributed by atoms with E-state index < -0.39 is 0 Å². The predicted octanol–water partition coefficient (Wildman–Crippen LogP) is 1.22. The summed E-state index contributed by atoms with van der Waals surface area (Å²) in [5, 5.41) is 10.4. The van der Waals surface area contributed by atoms with Gasteiger partial charge in [0.15, 0.2) is 0 Å². The van der Waals surface area contributed by atoms with Gasteiger partial charge in [-0.15, -0.1) is 0 Å². The van der Waals surface area contributed by atoms with Crippen LogP contribution in [0.25, 0.3) is 0 Å². The number of piperidine rings is 1. The molecule has 0 aromatic rings. The van der Waals surface area contributed by atoms with Crippen molar-refractivity contribution in [1.29, 1.82) is 5.41 Å². The molecule has 1 aliphatic rings. The lowest BCUT2D eigenvalue weighted by Gasteiger charge is -2.33. The first-order chi connectivity index (χ1) is 5.52. The molecule has 0 amide bonds. The molecule has 0 aliphatic carbocycles. The Morgan fingerprint density at radius 2 is 2.33 bits per heavy atom. The maximum Gasteiger partial charge on any atom is 0.117 e. The van der Waals surface area contributed by atoms with E-state index in [0.717, 1.165) is 12.2 Å². The monoisotopic (exact) mass is 167 g/mol. The molecule has 0 aromatic carbocycles. The maximum absolute atomic E-state index is 7.17. The lowest BCUT2D eigenvalue weighted by molar-refractivity contribution is 0.328. The summed E-state index contributed by atoms with van der Waals surface area (Å²) in [4.78, 5) is 0. The third kappa shape index (κ3) is 2.00. The third-order valence-corrected chi connectivity index (χ3v) is 2.32. The summed E-state index contributed by atoms with van der Waals surface area (Å²) in [6.45, 7) is 5.35. The average Bonchev–Trinajstić information content (AvgIpc) is 1.92. The van der Waals surface area contributed by atoms with Crippen LogP contribution in [0.15, 0.2) is 11.8 Å². The van der Waals surface area contributed by atoms with Crippen molar-refractivity contribution in [2.24, 2.45) is 11.1 Å². The van der Waals surface area contributed by atoms with Gasteiger partial charge in [-0.05, 0) is 18.9 Å². The number of hydrogen-bond donors (Lipinski definition) is 3. The van der Waals surface area contributed by atoms with Gasteiger partial charge in [-0.3, -0.25) is 5.41 Å². The van der Waals surface area contributed by atoms with Gasteiger partial charge in [0.25, 0.3) is 0 Å². The Kier molecular flexibility index (Phi) is 2.40. The molecule has 1 saturated heterocycles. The van der Waals surface area contributed by atoms with Crippen LogP contribution in [-0.4, -0.2) is 12.4 Å². The van der Waals surface area contributed by atoms with Crippen molar-refractivity contribution in [3.05, 3.63) is 11.8 Å². The van der Waals surface area contributed by atoms with Gasteiger partial charge in [0, 0.05) is 17.7 Å². The number of allylic oxidation sites excluding steroid dienone is 1. The van der Waals surface area contributed by atoms with E-state index in [-0.39, 0.29) is 11.3 Å². The van der Waals surface area contributed by atoms with Crippen LogP contribution in [0.1, 0.15) is 26.7 Å². The second-order valence-corrected chi connectivity index (χ2v) is 3.93. The number of rotatable bonds is 1. The van der Waals surface area contributed by atoms with Crippen LogP contribution in [0.4, 0.5) is 0 Å². The second kappa shape index (κ2) is 3.17. The van der Waals surface area contributed by atoms with Crippen LogP contribution in [0.5, 0.6) is 0 Å². The van der Waals surface area contributed by atoms with Crippen molar-refractivity contribution < 1.29 is 0 Å². The van der Waals surface area contributed by atoms with Crippen LogP contribution < -0.4 is 11.1 Å². The first-order valence-electron chi connectivity index (χ1n) is 4.32. The Bertz CT molecular complexity index is 216. The number of hydrogen-bond acceptors (Lipinski definition) is 2. The molecule has 0 bridgehead atoms. The third-order valence-electron chi connectivity index (χ3n) is 2.32. The highest BCUT2D eigenvalue weighted by Crippen LogP contribution is 2.32. The highest BCUT2D eigenvalue weighted by molar-refractivity contribution is 5.89. The molecule has 1 rings (SSSR count). The quantitative estimate of drug-likeness (QED) is 0.406. The molecular weight excluding hydrogens is 150 g/mol. The Labute approximate surface area is 73.5 Å². The Morgan fingerprint density at radius 1 is 1.67 bits per heavy atom. The normalized spacial score (nSPS) is 25.0. The van der Waals surface area contributed by atoms with Crippen molar-refractivity contribution in [2.45, 2.75) is 26.7 Å². The minimum Gasteiger partial charge on any atom is -0.388 e. The van der Waals surface area contributed by atoms with Gasteiger partial charge in [-0.2, -0.15) is 0 Å². The number of nitrogens with one attached hydrogen (secondary N) is 2. The van der Waals surface area contributed by atoms with Crippen LogP contribution in [0.3, 0.4) is 0 Å². The first kappa shape index (κ1) is 9.10. The molecule has 3 nitrogen and oxygen atoms in total. The summed E-state index contributed by atoms with van der Waals surface area (Å²) in [6.07, 6.45) is 4.08. The van der Waals surface area contributed by atoms with Crippen molar-refractivity contribution in [3.63, 3.8) is 0 Å². The maximum atomic E-state index is 7.17. The van der Waals surface area contributed by atoms with Crippen LogP contribution in [-0.2, 0) is 0 Å². The average molecular weight is 167 g/mol. The Hall–Kier alpha value is -0.990. The zero-order chi connectivity index (χ0) is 9.19. The molecule has 0 spiro atoms. The minimum atomic E-state index is 0.132. The molecule has 1 fully saturated rings. The van der Waals surface area contributed by atoms with E-state index in [1.54, 1.807) is 6.08 Å². The predicted molar refractivity (Wildman–Crippen MR) is 51.0 cm³/mol. The molecule has 1 aliphatic heterocycles. The van der Waals surface area contributed by atoms with Crippen molar-refractivity contribution in [1.82, 2.24) is 5.32 Å². The lowest BCUT2D eigenvalue weighted by atomic mass is 9.81. The summed E-state index contributed by atoms with van der Waals surface area (Å²) >= 11 is 0. The number of amidine groups is 1. The molecule has 0 atom stereocenters. The molecule has 12 heavy (non-hydrogen) atoms. The van der Waals surface area contributed by atoms with Gasteiger partial charge in [-0.25, -0.2) is 0 Å². The molecule has 3 heteroatoms. The highest BCUT2D eigenvalue weighted by Gasteiger charge is 2.26. The van der Waals surface area contributed by atoms with Gasteiger partial charge in [-0.1, -0.05) is 13.8 Å². The summed E-state index contributed by atoms with van der Waals surface area (Å²) in [5.74, 6) is 0.132. The van der Waals surface area contributed by atoms with Crippen LogP contribution in [0, 0.1) is 10.8 Å². The van der Waals surface area contributed by atoms with E-state index in [0.29, 0.717) is 0 Å². The topological polar surface area (TPSA) is 61.9 Å². The lowest BCUT2D eigenvalue weighted by Crippen LogP contribution is -2.34. The fraction of sp³-hybridized carbons (Fsp3) is 0.667. The molecular formula is C9H17N3. The molecule has 0 aromatic heterocycles. The zero-order valence-corrected chi connectivity index (χ0v) is 7.78. The molecule has 68 valence electrons. The standard InChI is InChI=1S/C9H17N3/c1-9(2)4-3-5-12-7(9)6-8(10)11/h6,12H,3-5H2,1-2H3,(H3,10,11)/b7-6-. The van der Waals surface area contributed by atoms with Crippen molar-refractivity contribution >= 4 is 5.84 Å². The summed E-state index contributed by atoms with van der Waals surface area (Å²) in [7, 11) is 0. The minimum absolute atomic E-state index is 0.132. The molecule has 1 heterocycles. The van der Waals surface area contributed by atoms with Gasteiger partial charge < -0.3 is 11.1 Å². The Morgan fingerprint density at radius 3 is 2.83 bits per heavy atom. The zero-order valence-electron chi connectivity index (χ0n) is 7.78. The molecule has 0 saturated carbocycles. The van der Waals surface area contributed by atoms with E-state index in [1.165, 1.54) is 12.8 Å². The van der Waals surface area contributed by atoms with E-state index in [1.807, 2.05) is 0 Å². The van der Waals surface area contributed by atoms with Gasteiger partial charge in [0.2, 0.25) is 0 Å². The first-order valence-corrected chi connectivity index (χ1v) is 4.32. The van der Waals surface area contributed by atoms with Crippen LogP contribution in [0.2, 0.25) is 0 Å². The summed E-state index contributed by atoms with van der Waals surface area (Å²) in [6, 6.07) is 0. The van der Waals surface area contributed by atoms with Crippen molar-refractivity contribution in [3.8, 4) is 0 Å². The fourth-order valence-electron chi connectivity index (χ4n) is 1.53. The summed E-state index contributed by atoms with van der Waals surface area (Å²) in [5.41, 5.74) is 6.57. The van der Waals surface area contributed by atoms with E-state index >= 15 is 0 Å². The number of nitrogens with two attached hydrogens (primary N) is 1. The van der Waals surface area contributed by atoms with Gasteiger partial charge >= 0.3 is 0 Å².